The summed E-state index contributed by atoms with van der Waals surface area (Å²) in [6.07, 6.45) is 2.31. The summed E-state index contributed by atoms with van der Waals surface area (Å²) in [6, 6.07) is 6.79. The predicted molar refractivity (Wildman–Crippen MR) is 92.6 cm³/mol. The van der Waals surface area contributed by atoms with Gasteiger partial charge in [0.05, 0.1) is 6.42 Å². The van der Waals surface area contributed by atoms with E-state index >= 15 is 0 Å². The Labute approximate surface area is 142 Å². The molecule has 1 aliphatic rings. The average Bonchev–Trinajstić information content (AvgIpc) is 2.54. The number of benzene rings is 1. The fourth-order valence-corrected chi connectivity index (χ4v) is 2.97. The number of nitrogens with two attached hydrogens (primary N) is 1. The van der Waals surface area contributed by atoms with Gasteiger partial charge in [0.1, 0.15) is 0 Å². The molecule has 0 radical (unpaired) electrons. The van der Waals surface area contributed by atoms with Crippen LogP contribution in [0, 0.1) is 5.92 Å². The largest absolute Gasteiger partial charge is 0.396 e. The maximum absolute atomic E-state index is 11.9. The number of primary amides is 1. The third-order valence-corrected chi connectivity index (χ3v) is 4.14. The van der Waals surface area contributed by atoms with E-state index in [9.17, 15) is 14.7 Å². The minimum atomic E-state index is -0.403. The molecule has 1 aliphatic heterocycles. The van der Waals surface area contributed by atoms with Crippen molar-refractivity contribution in [3.63, 3.8) is 0 Å². The number of urea groups is 1. The molecule has 0 saturated carbocycles. The smallest absolute Gasteiger partial charge is 0.319 e. The molecule has 0 bridgehead atoms. The van der Waals surface area contributed by atoms with Crippen molar-refractivity contribution in [3.8, 4) is 0 Å². The van der Waals surface area contributed by atoms with Crippen molar-refractivity contribution in [1.29, 1.82) is 0 Å². The molecule has 1 fully saturated rings. The van der Waals surface area contributed by atoms with Gasteiger partial charge in [-0.3, -0.25) is 4.79 Å². The number of hydrogen-bond acceptors (Lipinski definition) is 4. The SMILES string of the molecule is NC(=O)Cc1cccc(NC(=O)NCCN2CCCC(CO)C2)c1. The van der Waals surface area contributed by atoms with E-state index in [2.05, 4.69) is 15.5 Å². The number of nitrogens with zero attached hydrogens (tertiary/aromatic N) is 1. The molecule has 0 aromatic heterocycles. The van der Waals surface area contributed by atoms with Crippen LogP contribution in [0.4, 0.5) is 10.5 Å². The van der Waals surface area contributed by atoms with E-state index in [0.717, 1.165) is 38.0 Å². The number of anilines is 1. The Kier molecular flexibility index (Phi) is 7.02. The van der Waals surface area contributed by atoms with Crippen molar-refractivity contribution < 1.29 is 14.7 Å². The van der Waals surface area contributed by atoms with E-state index < -0.39 is 5.91 Å². The van der Waals surface area contributed by atoms with Crippen LogP contribution in [-0.4, -0.2) is 54.7 Å². The molecule has 5 N–H and O–H groups in total. The molecular weight excluding hydrogens is 308 g/mol. The van der Waals surface area contributed by atoms with E-state index in [4.69, 9.17) is 5.73 Å². The zero-order valence-corrected chi connectivity index (χ0v) is 13.8. The topological polar surface area (TPSA) is 108 Å². The fourth-order valence-electron chi connectivity index (χ4n) is 2.97. The molecule has 132 valence electrons. The Bertz CT molecular complexity index is 565. The van der Waals surface area contributed by atoms with Crippen molar-refractivity contribution in [3.05, 3.63) is 29.8 Å². The molecule has 1 heterocycles. The first-order valence-electron chi connectivity index (χ1n) is 8.32. The summed E-state index contributed by atoms with van der Waals surface area (Å²) < 4.78 is 0. The first kappa shape index (κ1) is 18.2. The van der Waals surface area contributed by atoms with E-state index in [0.29, 0.717) is 18.2 Å². The van der Waals surface area contributed by atoms with E-state index in [1.807, 2.05) is 0 Å². The van der Waals surface area contributed by atoms with Gasteiger partial charge in [-0.05, 0) is 43.0 Å². The van der Waals surface area contributed by atoms with Crippen molar-refractivity contribution in [2.75, 3.05) is 38.1 Å². The van der Waals surface area contributed by atoms with Crippen LogP contribution in [0.5, 0.6) is 0 Å². The molecule has 24 heavy (non-hydrogen) atoms. The highest BCUT2D eigenvalue weighted by atomic mass is 16.3. The molecule has 7 heteroatoms. The minimum Gasteiger partial charge on any atom is -0.396 e. The second-order valence-electron chi connectivity index (χ2n) is 6.22. The molecular formula is C17H26N4O3. The number of likely N-dealkylation sites (tertiary alicyclic amines) is 1. The van der Waals surface area contributed by atoms with Crippen molar-refractivity contribution in [1.82, 2.24) is 10.2 Å². The summed E-state index contributed by atoms with van der Waals surface area (Å²) in [6.45, 7) is 3.44. The number of aliphatic hydroxyl groups excluding tert-OH is 1. The molecule has 0 aliphatic carbocycles. The Morgan fingerprint density at radius 2 is 2.21 bits per heavy atom. The second kappa shape index (κ2) is 9.24. The molecule has 1 aromatic carbocycles. The molecule has 1 atom stereocenters. The van der Waals surface area contributed by atoms with Crippen LogP contribution in [0.1, 0.15) is 18.4 Å². The summed E-state index contributed by atoms with van der Waals surface area (Å²) in [7, 11) is 0. The van der Waals surface area contributed by atoms with Crippen LogP contribution in [0.3, 0.4) is 0 Å². The van der Waals surface area contributed by atoms with Crippen LogP contribution in [0.2, 0.25) is 0 Å². The van der Waals surface area contributed by atoms with Crippen molar-refractivity contribution in [2.24, 2.45) is 11.7 Å². The van der Waals surface area contributed by atoms with Gasteiger partial charge in [-0.2, -0.15) is 0 Å². The highest BCUT2D eigenvalue weighted by Gasteiger charge is 2.18. The first-order valence-corrected chi connectivity index (χ1v) is 8.32. The number of hydrogen-bond donors (Lipinski definition) is 4. The Balaban J connectivity index is 1.72. The van der Waals surface area contributed by atoms with Gasteiger partial charge >= 0.3 is 6.03 Å². The van der Waals surface area contributed by atoms with Gasteiger partial charge in [-0.15, -0.1) is 0 Å². The zero-order valence-electron chi connectivity index (χ0n) is 13.8. The van der Waals surface area contributed by atoms with Crippen LogP contribution >= 0.6 is 0 Å². The van der Waals surface area contributed by atoms with E-state index in [1.165, 1.54) is 0 Å². The van der Waals surface area contributed by atoms with Gasteiger partial charge in [0.15, 0.2) is 0 Å². The monoisotopic (exact) mass is 334 g/mol. The molecule has 7 nitrogen and oxygen atoms in total. The third-order valence-electron chi connectivity index (χ3n) is 4.14. The number of aliphatic hydroxyl groups is 1. The van der Waals surface area contributed by atoms with Gasteiger partial charge < -0.3 is 26.4 Å². The minimum absolute atomic E-state index is 0.151. The normalized spacial score (nSPS) is 18.1. The zero-order chi connectivity index (χ0) is 17.4. The van der Waals surface area contributed by atoms with Gasteiger partial charge in [0, 0.05) is 31.9 Å². The van der Waals surface area contributed by atoms with Gasteiger partial charge in [-0.25, -0.2) is 4.79 Å². The summed E-state index contributed by atoms with van der Waals surface area (Å²) in [4.78, 5) is 25.1. The summed E-state index contributed by atoms with van der Waals surface area (Å²) in [5.74, 6) is -0.0557. The summed E-state index contributed by atoms with van der Waals surface area (Å²) in [5.41, 5.74) is 6.57. The first-order chi connectivity index (χ1) is 11.6. The van der Waals surface area contributed by atoms with Crippen LogP contribution < -0.4 is 16.4 Å². The lowest BCUT2D eigenvalue weighted by molar-refractivity contribution is -0.117. The molecule has 1 unspecified atom stereocenters. The number of rotatable bonds is 7. The molecule has 1 aromatic rings. The number of carbonyl (C=O) groups excluding carboxylic acids is 2. The molecule has 0 spiro atoms. The fraction of sp³-hybridized carbons (Fsp3) is 0.529. The number of nitrogens with one attached hydrogen (secondary N) is 2. The lowest BCUT2D eigenvalue weighted by Gasteiger charge is -2.31. The lowest BCUT2D eigenvalue weighted by Crippen LogP contribution is -2.42. The van der Waals surface area contributed by atoms with E-state index in [-0.39, 0.29) is 19.1 Å². The van der Waals surface area contributed by atoms with Gasteiger partial charge in [0.2, 0.25) is 5.91 Å². The van der Waals surface area contributed by atoms with Crippen molar-refractivity contribution in [2.45, 2.75) is 19.3 Å². The highest BCUT2D eigenvalue weighted by molar-refractivity contribution is 5.89. The summed E-state index contributed by atoms with van der Waals surface area (Å²) in [5, 5.41) is 14.8. The Hall–Kier alpha value is -2.12. The van der Waals surface area contributed by atoms with Crippen molar-refractivity contribution >= 4 is 17.6 Å². The van der Waals surface area contributed by atoms with Crippen LogP contribution in [0.15, 0.2) is 24.3 Å². The number of piperidine rings is 1. The third kappa shape index (κ3) is 6.17. The quantitative estimate of drug-likeness (QED) is 0.584. The van der Waals surface area contributed by atoms with Gasteiger partial charge in [-0.1, -0.05) is 12.1 Å². The highest BCUT2D eigenvalue weighted by Crippen LogP contribution is 2.15. The Morgan fingerprint density at radius 1 is 1.38 bits per heavy atom. The maximum atomic E-state index is 11.9. The standard InChI is InChI=1S/C17H26N4O3/c18-16(23)10-13-3-1-5-15(9-13)20-17(24)19-6-8-21-7-2-4-14(11-21)12-22/h1,3,5,9,14,22H,2,4,6-8,10-12H2,(H2,18,23)(H2,19,20,24). The maximum Gasteiger partial charge on any atom is 0.319 e. The predicted octanol–water partition coefficient (Wildman–Crippen LogP) is 0.540. The lowest BCUT2D eigenvalue weighted by atomic mass is 9.99. The molecule has 1 saturated heterocycles. The molecule has 2 rings (SSSR count). The second-order valence-corrected chi connectivity index (χ2v) is 6.22. The average molecular weight is 334 g/mol. The number of amides is 3. The van der Waals surface area contributed by atoms with E-state index in [1.54, 1.807) is 24.3 Å². The van der Waals surface area contributed by atoms with Gasteiger partial charge in [0.25, 0.3) is 0 Å². The summed E-state index contributed by atoms with van der Waals surface area (Å²) >= 11 is 0. The number of carbonyl (C=O) groups is 2. The Morgan fingerprint density at radius 3 is 2.96 bits per heavy atom. The molecule has 3 amide bonds. The van der Waals surface area contributed by atoms with Crippen LogP contribution in [-0.2, 0) is 11.2 Å². The van der Waals surface area contributed by atoms with Crippen LogP contribution in [0.25, 0.3) is 0 Å².